The van der Waals surface area contributed by atoms with E-state index in [0.29, 0.717) is 0 Å². The fraction of sp³-hybridized carbons (Fsp3) is 0.444. The number of fused-ring (bicyclic) bond motifs is 2. The second-order valence-electron chi connectivity index (χ2n) is 5.57. The average molecular weight is 286 g/mol. The molecule has 98 valence electrons. The fourth-order valence-corrected chi connectivity index (χ4v) is 3.23. The zero-order valence-corrected chi connectivity index (χ0v) is 13.2. The molecule has 0 saturated heterocycles. The maximum Gasteiger partial charge on any atom is 2.00 e. The van der Waals surface area contributed by atoms with E-state index in [-0.39, 0.29) is 21.7 Å². The Bertz CT molecular complexity index is 402. The second-order valence-corrected chi connectivity index (χ2v) is 5.57. The predicted octanol–water partition coefficient (Wildman–Crippen LogP) is 4.57. The normalized spacial score (nSPS) is 16.4. The summed E-state index contributed by atoms with van der Waals surface area (Å²) in [4.78, 5) is 0. The third-order valence-corrected chi connectivity index (χ3v) is 4.30. The molecule has 0 spiro atoms. The van der Waals surface area contributed by atoms with Crippen LogP contribution in [0.25, 0.3) is 0 Å². The maximum atomic E-state index is 2.26. The summed E-state index contributed by atoms with van der Waals surface area (Å²) in [5.41, 5.74) is 6.39. The molecular formula is C18H22Ti. The first-order valence-corrected chi connectivity index (χ1v) is 7.40. The van der Waals surface area contributed by atoms with Crippen molar-refractivity contribution in [2.75, 3.05) is 0 Å². The van der Waals surface area contributed by atoms with Crippen LogP contribution >= 0.6 is 0 Å². The molecule has 0 amide bonds. The van der Waals surface area contributed by atoms with E-state index in [1.165, 1.54) is 51.4 Å². The first kappa shape index (κ1) is 14.8. The minimum Gasteiger partial charge on any atom is -0.210 e. The minimum atomic E-state index is 0. The van der Waals surface area contributed by atoms with Gasteiger partial charge in [0.15, 0.2) is 0 Å². The summed E-state index contributed by atoms with van der Waals surface area (Å²) < 4.78 is 0. The fourth-order valence-electron chi connectivity index (χ4n) is 3.23. The molecule has 2 aliphatic carbocycles. The van der Waals surface area contributed by atoms with Gasteiger partial charge in [-0.15, -0.1) is 0 Å². The van der Waals surface area contributed by atoms with E-state index in [1.54, 1.807) is 22.3 Å². The number of hydrogen-bond acceptors (Lipinski definition) is 0. The standard InChI is InChI=1S/2C9H11.Ti/c2*1-2-5-9-7-3-6-8(9)4-1;/h2*3,6-7H,1-2,4-5H2;/q2*-1;+2. The van der Waals surface area contributed by atoms with E-state index in [1.807, 2.05) is 0 Å². The van der Waals surface area contributed by atoms with Crippen molar-refractivity contribution in [3.63, 3.8) is 0 Å². The maximum absolute atomic E-state index is 2.26. The van der Waals surface area contributed by atoms with Crippen molar-refractivity contribution in [2.45, 2.75) is 51.4 Å². The van der Waals surface area contributed by atoms with Crippen molar-refractivity contribution < 1.29 is 21.7 Å². The third kappa shape index (κ3) is 3.71. The van der Waals surface area contributed by atoms with Gasteiger partial charge in [-0.2, -0.15) is 46.5 Å². The summed E-state index contributed by atoms with van der Waals surface area (Å²) in [5.74, 6) is 0. The zero-order chi connectivity index (χ0) is 12.2. The largest absolute Gasteiger partial charge is 2.00 e. The van der Waals surface area contributed by atoms with Crippen LogP contribution in [0.15, 0.2) is 36.4 Å². The molecule has 19 heavy (non-hydrogen) atoms. The first-order valence-electron chi connectivity index (χ1n) is 7.40. The van der Waals surface area contributed by atoms with Crippen molar-refractivity contribution in [2.24, 2.45) is 0 Å². The Balaban J connectivity index is 0.000000133. The quantitative estimate of drug-likeness (QED) is 0.492. The smallest absolute Gasteiger partial charge is 0.210 e. The van der Waals surface area contributed by atoms with Crippen molar-refractivity contribution in [3.8, 4) is 0 Å². The van der Waals surface area contributed by atoms with Gasteiger partial charge in [0.1, 0.15) is 0 Å². The van der Waals surface area contributed by atoms with Gasteiger partial charge in [0.25, 0.3) is 0 Å². The zero-order valence-electron chi connectivity index (χ0n) is 11.6. The van der Waals surface area contributed by atoms with Gasteiger partial charge in [-0.1, -0.05) is 51.4 Å². The van der Waals surface area contributed by atoms with Crippen LogP contribution in [-0.2, 0) is 47.4 Å². The molecule has 0 atom stereocenters. The Morgan fingerprint density at radius 1 is 0.632 bits per heavy atom. The molecular weight excluding hydrogens is 264 g/mol. The van der Waals surface area contributed by atoms with Crippen LogP contribution in [0.4, 0.5) is 0 Å². The molecule has 2 aliphatic rings. The molecule has 0 aromatic heterocycles. The van der Waals surface area contributed by atoms with E-state index in [0.717, 1.165) is 0 Å². The van der Waals surface area contributed by atoms with Gasteiger partial charge in [-0.25, -0.2) is 12.1 Å². The molecule has 0 bridgehead atoms. The molecule has 0 unspecified atom stereocenters. The van der Waals surface area contributed by atoms with Crippen molar-refractivity contribution in [3.05, 3.63) is 58.7 Å². The first-order chi connectivity index (χ1) is 8.93. The van der Waals surface area contributed by atoms with Gasteiger partial charge in [0.05, 0.1) is 0 Å². The molecule has 4 rings (SSSR count). The monoisotopic (exact) mass is 286 g/mol. The molecule has 0 heterocycles. The van der Waals surface area contributed by atoms with E-state index >= 15 is 0 Å². The van der Waals surface area contributed by atoms with E-state index in [2.05, 4.69) is 36.4 Å². The Kier molecular flexibility index (Phi) is 5.66. The van der Waals surface area contributed by atoms with Crippen LogP contribution in [0.2, 0.25) is 0 Å². The van der Waals surface area contributed by atoms with Crippen LogP contribution in [0.3, 0.4) is 0 Å². The molecule has 0 aliphatic heterocycles. The van der Waals surface area contributed by atoms with Gasteiger partial charge in [-0.3, -0.25) is 0 Å². The van der Waals surface area contributed by atoms with Gasteiger partial charge in [0, 0.05) is 0 Å². The summed E-state index contributed by atoms with van der Waals surface area (Å²) in [7, 11) is 0. The second kappa shape index (κ2) is 7.26. The van der Waals surface area contributed by atoms with Crippen LogP contribution in [-0.4, -0.2) is 0 Å². The molecule has 2 aromatic carbocycles. The van der Waals surface area contributed by atoms with Crippen molar-refractivity contribution in [1.82, 2.24) is 0 Å². The SMILES string of the molecule is [Ti+2].c1cc2c([cH-]1)CCCC2.c1cc2c([cH-]1)CCCC2. The van der Waals surface area contributed by atoms with Crippen molar-refractivity contribution in [1.29, 1.82) is 0 Å². The van der Waals surface area contributed by atoms with Gasteiger partial charge in [-0.05, 0) is 0 Å². The molecule has 0 nitrogen and oxygen atoms in total. The van der Waals surface area contributed by atoms with Gasteiger partial charge >= 0.3 is 21.7 Å². The molecule has 0 fully saturated rings. The summed E-state index contributed by atoms with van der Waals surface area (Å²) in [6, 6.07) is 13.4. The molecule has 2 aromatic rings. The molecule has 1 heteroatoms. The van der Waals surface area contributed by atoms with Crippen LogP contribution in [0.1, 0.15) is 47.9 Å². The van der Waals surface area contributed by atoms with Crippen LogP contribution < -0.4 is 0 Å². The summed E-state index contributed by atoms with van der Waals surface area (Å²) in [5, 5.41) is 0. The number of aryl methyl sites for hydroxylation is 4. The number of hydrogen-bond donors (Lipinski definition) is 0. The minimum absolute atomic E-state index is 0. The molecule has 0 radical (unpaired) electrons. The van der Waals surface area contributed by atoms with E-state index in [4.69, 9.17) is 0 Å². The van der Waals surface area contributed by atoms with Gasteiger partial charge in [0.2, 0.25) is 0 Å². The van der Waals surface area contributed by atoms with Crippen LogP contribution in [0.5, 0.6) is 0 Å². The molecule has 0 N–H and O–H groups in total. The van der Waals surface area contributed by atoms with E-state index < -0.39 is 0 Å². The Labute approximate surface area is 131 Å². The topological polar surface area (TPSA) is 0 Å². The van der Waals surface area contributed by atoms with Crippen LogP contribution in [0, 0.1) is 0 Å². The van der Waals surface area contributed by atoms with E-state index in [9.17, 15) is 0 Å². The summed E-state index contributed by atoms with van der Waals surface area (Å²) in [6.45, 7) is 0. The van der Waals surface area contributed by atoms with Crippen molar-refractivity contribution >= 4 is 0 Å². The Morgan fingerprint density at radius 3 is 1.47 bits per heavy atom. The number of rotatable bonds is 0. The Hall–Kier alpha value is -0.586. The average Bonchev–Trinajstić information content (AvgIpc) is 3.08. The molecule has 0 saturated carbocycles. The Morgan fingerprint density at radius 2 is 1.05 bits per heavy atom. The summed E-state index contributed by atoms with van der Waals surface area (Å²) in [6.07, 6.45) is 10.9. The predicted molar refractivity (Wildman–Crippen MR) is 77.4 cm³/mol. The third-order valence-electron chi connectivity index (χ3n) is 4.30. The summed E-state index contributed by atoms with van der Waals surface area (Å²) >= 11 is 0. The van der Waals surface area contributed by atoms with Gasteiger partial charge < -0.3 is 0 Å².